The molecule has 3 rings (SSSR count). The van der Waals surface area contributed by atoms with Crippen molar-refractivity contribution in [1.29, 1.82) is 0 Å². The van der Waals surface area contributed by atoms with Gasteiger partial charge in [0, 0.05) is 11.5 Å². The average molecular weight is 228 g/mol. The number of benzene rings is 2. The van der Waals surface area contributed by atoms with Gasteiger partial charge in [-0.05, 0) is 42.2 Å². The number of rotatable bonds is 1. The van der Waals surface area contributed by atoms with Gasteiger partial charge in [-0.1, -0.05) is 24.3 Å². The maximum Gasteiger partial charge on any atom is 0.123 e. The molecule has 0 aromatic heterocycles. The van der Waals surface area contributed by atoms with Crippen LogP contribution in [0.4, 0.5) is 4.39 Å². The minimum atomic E-state index is -0.179. The Hall–Kier alpha value is -1.83. The molecule has 0 saturated carbocycles. The smallest absolute Gasteiger partial charge is 0.123 e. The summed E-state index contributed by atoms with van der Waals surface area (Å²) in [6.45, 7) is 0. The molecule has 0 heterocycles. The Labute approximate surface area is 99.5 Å². The van der Waals surface area contributed by atoms with E-state index in [4.69, 9.17) is 0 Å². The lowest BCUT2D eigenvalue weighted by atomic mass is 9.92. The molecule has 86 valence electrons. The standard InChI is InChI=1S/C15H13FO/c16-11-6-8-12-10(9-11)5-7-13(12)14-3-1-2-4-15(14)17/h1-4,6,8-9,13,17H,5,7H2. The van der Waals surface area contributed by atoms with Gasteiger partial charge in [0.15, 0.2) is 0 Å². The van der Waals surface area contributed by atoms with Crippen molar-refractivity contribution in [3.63, 3.8) is 0 Å². The molecule has 1 N–H and O–H groups in total. The van der Waals surface area contributed by atoms with Gasteiger partial charge in [-0.2, -0.15) is 0 Å². The van der Waals surface area contributed by atoms with E-state index in [1.807, 2.05) is 24.3 Å². The first-order valence-corrected chi connectivity index (χ1v) is 5.82. The molecule has 1 aliphatic rings. The summed E-state index contributed by atoms with van der Waals surface area (Å²) in [5, 5.41) is 9.88. The van der Waals surface area contributed by atoms with Crippen molar-refractivity contribution in [2.45, 2.75) is 18.8 Å². The van der Waals surface area contributed by atoms with E-state index in [0.29, 0.717) is 5.75 Å². The van der Waals surface area contributed by atoms with Gasteiger partial charge in [-0.3, -0.25) is 0 Å². The highest BCUT2D eigenvalue weighted by atomic mass is 19.1. The van der Waals surface area contributed by atoms with Crippen LogP contribution in [0.1, 0.15) is 29.0 Å². The lowest BCUT2D eigenvalue weighted by Gasteiger charge is -2.13. The van der Waals surface area contributed by atoms with Gasteiger partial charge in [0.05, 0.1) is 0 Å². The van der Waals surface area contributed by atoms with E-state index in [1.54, 1.807) is 12.1 Å². The predicted octanol–water partition coefficient (Wildman–Crippen LogP) is 3.61. The monoisotopic (exact) mass is 228 g/mol. The molecule has 0 aliphatic heterocycles. The highest BCUT2D eigenvalue weighted by Gasteiger charge is 2.25. The van der Waals surface area contributed by atoms with Crippen molar-refractivity contribution in [2.75, 3.05) is 0 Å². The van der Waals surface area contributed by atoms with Crippen LogP contribution in [0.25, 0.3) is 0 Å². The third-order valence-corrected chi connectivity index (χ3v) is 3.49. The summed E-state index contributed by atoms with van der Waals surface area (Å²) in [6.07, 6.45) is 1.82. The highest BCUT2D eigenvalue weighted by molar-refractivity contribution is 5.46. The van der Waals surface area contributed by atoms with E-state index in [0.717, 1.165) is 29.5 Å². The summed E-state index contributed by atoms with van der Waals surface area (Å²) in [5.74, 6) is 0.350. The number of aromatic hydroxyl groups is 1. The van der Waals surface area contributed by atoms with E-state index >= 15 is 0 Å². The third kappa shape index (κ3) is 1.70. The average Bonchev–Trinajstić information content (AvgIpc) is 2.72. The number of hydrogen-bond donors (Lipinski definition) is 1. The summed E-state index contributed by atoms with van der Waals surface area (Å²) >= 11 is 0. The van der Waals surface area contributed by atoms with Gasteiger partial charge < -0.3 is 5.11 Å². The zero-order valence-corrected chi connectivity index (χ0v) is 9.36. The molecule has 0 spiro atoms. The molecular formula is C15H13FO. The second kappa shape index (κ2) is 3.88. The SMILES string of the molecule is Oc1ccccc1C1CCc2cc(F)ccc21. The molecule has 1 atom stereocenters. The van der Waals surface area contributed by atoms with Gasteiger partial charge >= 0.3 is 0 Å². The minimum Gasteiger partial charge on any atom is -0.508 e. The molecule has 0 radical (unpaired) electrons. The number of phenols is 1. The molecule has 2 aromatic carbocycles. The molecule has 1 aliphatic carbocycles. The number of hydrogen-bond acceptors (Lipinski definition) is 1. The third-order valence-electron chi connectivity index (χ3n) is 3.49. The molecular weight excluding hydrogens is 215 g/mol. The molecule has 0 amide bonds. The first-order valence-electron chi connectivity index (χ1n) is 5.82. The van der Waals surface area contributed by atoms with Crippen LogP contribution in [-0.4, -0.2) is 5.11 Å². The zero-order valence-electron chi connectivity index (χ0n) is 9.36. The quantitative estimate of drug-likeness (QED) is 0.790. The van der Waals surface area contributed by atoms with Gasteiger partial charge in [-0.15, -0.1) is 0 Å². The number of phenolic OH excluding ortho intramolecular Hbond substituents is 1. The van der Waals surface area contributed by atoms with Crippen LogP contribution < -0.4 is 0 Å². The predicted molar refractivity (Wildman–Crippen MR) is 64.7 cm³/mol. The molecule has 1 unspecified atom stereocenters. The lowest BCUT2D eigenvalue weighted by molar-refractivity contribution is 0.464. The largest absolute Gasteiger partial charge is 0.508 e. The van der Waals surface area contributed by atoms with Crippen LogP contribution in [0.2, 0.25) is 0 Å². The summed E-state index contributed by atoms with van der Waals surface area (Å²) in [4.78, 5) is 0. The van der Waals surface area contributed by atoms with Gasteiger partial charge in [-0.25, -0.2) is 4.39 Å². The highest BCUT2D eigenvalue weighted by Crippen LogP contribution is 2.41. The fourth-order valence-corrected chi connectivity index (χ4v) is 2.69. The van der Waals surface area contributed by atoms with E-state index in [2.05, 4.69) is 0 Å². The Kier molecular flexibility index (Phi) is 2.36. The second-order valence-corrected chi connectivity index (χ2v) is 4.49. The number of fused-ring (bicyclic) bond motifs is 1. The number of halogens is 1. The molecule has 2 aromatic rings. The van der Waals surface area contributed by atoms with Gasteiger partial charge in [0.25, 0.3) is 0 Å². The van der Waals surface area contributed by atoms with Crippen LogP contribution in [0.3, 0.4) is 0 Å². The Bertz CT molecular complexity index is 563. The Balaban J connectivity index is 2.07. The minimum absolute atomic E-state index is 0.179. The topological polar surface area (TPSA) is 20.2 Å². The fourth-order valence-electron chi connectivity index (χ4n) is 2.69. The maximum atomic E-state index is 13.1. The van der Waals surface area contributed by atoms with Crippen molar-refractivity contribution in [1.82, 2.24) is 0 Å². The van der Waals surface area contributed by atoms with E-state index < -0.39 is 0 Å². The first-order chi connectivity index (χ1) is 8.25. The van der Waals surface area contributed by atoms with Crippen LogP contribution in [-0.2, 0) is 6.42 Å². The molecule has 0 fully saturated rings. The van der Waals surface area contributed by atoms with E-state index in [1.165, 1.54) is 6.07 Å². The van der Waals surface area contributed by atoms with Crippen LogP contribution in [0.5, 0.6) is 5.75 Å². The molecule has 17 heavy (non-hydrogen) atoms. The van der Waals surface area contributed by atoms with E-state index in [9.17, 15) is 9.50 Å². The Morgan fingerprint density at radius 1 is 1.06 bits per heavy atom. The van der Waals surface area contributed by atoms with Crippen LogP contribution >= 0.6 is 0 Å². The van der Waals surface area contributed by atoms with Crippen LogP contribution in [0, 0.1) is 5.82 Å². The van der Waals surface area contributed by atoms with Crippen molar-refractivity contribution in [2.24, 2.45) is 0 Å². The van der Waals surface area contributed by atoms with Crippen molar-refractivity contribution in [3.8, 4) is 5.75 Å². The fraction of sp³-hybridized carbons (Fsp3) is 0.200. The normalized spacial score (nSPS) is 18.1. The summed E-state index contributed by atoms with van der Waals surface area (Å²) < 4.78 is 13.1. The van der Waals surface area contributed by atoms with Crippen molar-refractivity contribution < 1.29 is 9.50 Å². The lowest BCUT2D eigenvalue weighted by Crippen LogP contribution is -1.96. The molecule has 0 bridgehead atoms. The Morgan fingerprint density at radius 2 is 1.88 bits per heavy atom. The summed E-state index contributed by atoms with van der Waals surface area (Å²) in [7, 11) is 0. The zero-order chi connectivity index (χ0) is 11.8. The Morgan fingerprint density at radius 3 is 2.71 bits per heavy atom. The number of aryl methyl sites for hydroxylation is 1. The van der Waals surface area contributed by atoms with Crippen molar-refractivity contribution in [3.05, 3.63) is 65.0 Å². The molecule has 1 nitrogen and oxygen atoms in total. The number of para-hydroxylation sites is 1. The van der Waals surface area contributed by atoms with Crippen LogP contribution in [0.15, 0.2) is 42.5 Å². The molecule has 0 saturated heterocycles. The van der Waals surface area contributed by atoms with Crippen molar-refractivity contribution >= 4 is 0 Å². The maximum absolute atomic E-state index is 13.1. The first kappa shape index (κ1) is 10.3. The van der Waals surface area contributed by atoms with Gasteiger partial charge in [0.2, 0.25) is 0 Å². The van der Waals surface area contributed by atoms with E-state index in [-0.39, 0.29) is 11.7 Å². The summed E-state index contributed by atoms with van der Waals surface area (Å²) in [5.41, 5.74) is 3.16. The van der Waals surface area contributed by atoms with Gasteiger partial charge in [0.1, 0.15) is 11.6 Å². The second-order valence-electron chi connectivity index (χ2n) is 4.49. The molecule has 2 heteroatoms. The summed E-state index contributed by atoms with van der Waals surface area (Å²) in [6, 6.07) is 12.3.